The van der Waals surface area contributed by atoms with Crippen molar-refractivity contribution in [3.8, 4) is 0 Å². The second-order valence-electron chi connectivity index (χ2n) is 6.48. The van der Waals surface area contributed by atoms with Gasteiger partial charge in [-0.1, -0.05) is 11.6 Å². The Kier molecular flexibility index (Phi) is 4.56. The zero-order chi connectivity index (χ0) is 17.8. The van der Waals surface area contributed by atoms with Gasteiger partial charge in [0.05, 0.1) is 0 Å². The number of rotatable bonds is 6. The second kappa shape index (κ2) is 7.31. The van der Waals surface area contributed by atoms with E-state index in [2.05, 4.69) is 76.2 Å². The van der Waals surface area contributed by atoms with Crippen LogP contribution in [-0.2, 0) is 6.42 Å². The minimum Gasteiger partial charge on any atom is -0.385 e. The first-order valence-corrected chi connectivity index (χ1v) is 8.85. The predicted octanol–water partition coefficient (Wildman–Crippen LogP) is 5.27. The van der Waals surface area contributed by atoms with Crippen LogP contribution in [0.1, 0.15) is 11.1 Å². The molecule has 0 aliphatic carbocycles. The number of aromatic nitrogens is 2. The molecule has 0 saturated heterocycles. The fourth-order valence-corrected chi connectivity index (χ4v) is 3.11. The van der Waals surface area contributed by atoms with Crippen LogP contribution in [-0.4, -0.2) is 16.5 Å². The molecule has 0 spiro atoms. The van der Waals surface area contributed by atoms with E-state index >= 15 is 0 Å². The quantitative estimate of drug-likeness (QED) is 0.447. The topological polar surface area (TPSA) is 52.7 Å². The first-order chi connectivity index (χ1) is 12.8. The smallest absolute Gasteiger partial charge is 0.0456 e. The molecule has 0 saturated carbocycles. The number of fused-ring (bicyclic) bond motifs is 1. The van der Waals surface area contributed by atoms with Crippen molar-refractivity contribution in [3.05, 3.63) is 84.3 Å². The fraction of sp³-hybridized carbons (Fsp3) is 0.136. The molecule has 0 bridgehead atoms. The van der Waals surface area contributed by atoms with Crippen molar-refractivity contribution in [1.82, 2.24) is 9.97 Å². The van der Waals surface area contributed by atoms with Crippen molar-refractivity contribution in [2.24, 2.45) is 0 Å². The molecule has 0 atom stereocenters. The molecule has 0 aliphatic rings. The van der Waals surface area contributed by atoms with E-state index in [4.69, 9.17) is 0 Å². The molecule has 2 aromatic heterocycles. The van der Waals surface area contributed by atoms with Gasteiger partial charge in [-0.05, 0) is 67.4 Å². The van der Waals surface area contributed by atoms with Gasteiger partial charge in [-0.25, -0.2) is 0 Å². The molecule has 0 aliphatic heterocycles. The lowest BCUT2D eigenvalue weighted by atomic mass is 10.1. The Hall–Kier alpha value is -3.27. The number of nitrogens with one attached hydrogen (secondary N) is 3. The molecular weight excluding hydrogens is 320 g/mol. The minimum atomic E-state index is 0.901. The van der Waals surface area contributed by atoms with Gasteiger partial charge in [0.2, 0.25) is 0 Å². The number of aromatic amines is 1. The van der Waals surface area contributed by atoms with Crippen LogP contribution in [0.15, 0.2) is 73.2 Å². The SMILES string of the molecule is Cc1ccc2[nH]cc(CCNc3ccc(Nc4ccncc4)cc3)c2c1. The van der Waals surface area contributed by atoms with Gasteiger partial charge < -0.3 is 15.6 Å². The fourth-order valence-electron chi connectivity index (χ4n) is 3.11. The number of aryl methyl sites for hydroxylation is 1. The molecule has 4 aromatic rings. The molecule has 0 unspecified atom stereocenters. The molecule has 2 heterocycles. The van der Waals surface area contributed by atoms with Crippen molar-refractivity contribution < 1.29 is 0 Å². The summed E-state index contributed by atoms with van der Waals surface area (Å²) in [6, 6.07) is 18.8. The van der Waals surface area contributed by atoms with Gasteiger partial charge >= 0.3 is 0 Å². The van der Waals surface area contributed by atoms with Crippen LogP contribution >= 0.6 is 0 Å². The molecule has 0 radical (unpaired) electrons. The monoisotopic (exact) mass is 342 g/mol. The van der Waals surface area contributed by atoms with E-state index in [-0.39, 0.29) is 0 Å². The summed E-state index contributed by atoms with van der Waals surface area (Å²) >= 11 is 0. The number of anilines is 3. The van der Waals surface area contributed by atoms with Gasteiger partial charge in [0.25, 0.3) is 0 Å². The highest BCUT2D eigenvalue weighted by Crippen LogP contribution is 2.21. The van der Waals surface area contributed by atoms with Crippen molar-refractivity contribution in [1.29, 1.82) is 0 Å². The molecule has 3 N–H and O–H groups in total. The van der Waals surface area contributed by atoms with Crippen LogP contribution in [0.4, 0.5) is 17.1 Å². The van der Waals surface area contributed by atoms with Crippen LogP contribution in [0, 0.1) is 6.92 Å². The Morgan fingerprint density at radius 1 is 0.885 bits per heavy atom. The lowest BCUT2D eigenvalue weighted by Crippen LogP contribution is -2.04. The first kappa shape index (κ1) is 16.2. The van der Waals surface area contributed by atoms with Crippen LogP contribution in [0.3, 0.4) is 0 Å². The Bertz CT molecular complexity index is 988. The summed E-state index contributed by atoms with van der Waals surface area (Å²) in [7, 11) is 0. The van der Waals surface area contributed by atoms with E-state index in [0.29, 0.717) is 0 Å². The minimum absolute atomic E-state index is 0.901. The van der Waals surface area contributed by atoms with Crippen LogP contribution in [0.5, 0.6) is 0 Å². The zero-order valence-corrected chi connectivity index (χ0v) is 14.8. The van der Waals surface area contributed by atoms with Gasteiger partial charge in [-0.15, -0.1) is 0 Å². The summed E-state index contributed by atoms with van der Waals surface area (Å²) in [4.78, 5) is 7.38. The van der Waals surface area contributed by atoms with Crippen LogP contribution < -0.4 is 10.6 Å². The van der Waals surface area contributed by atoms with Crippen molar-refractivity contribution in [2.75, 3.05) is 17.2 Å². The average Bonchev–Trinajstić information content (AvgIpc) is 3.06. The maximum Gasteiger partial charge on any atom is 0.0456 e. The highest BCUT2D eigenvalue weighted by molar-refractivity contribution is 5.83. The maximum atomic E-state index is 4.03. The third kappa shape index (κ3) is 3.70. The second-order valence-corrected chi connectivity index (χ2v) is 6.48. The lowest BCUT2D eigenvalue weighted by molar-refractivity contribution is 1.03. The standard InChI is InChI=1S/C22H22N4/c1-16-2-7-22-21(14-16)17(15-25-22)8-13-24-18-3-5-19(6-4-18)26-20-9-11-23-12-10-20/h2-7,9-12,14-15,24-25H,8,13H2,1H3,(H,23,26). The molecular formula is C22H22N4. The summed E-state index contributed by atoms with van der Waals surface area (Å²) in [6.07, 6.45) is 6.67. The van der Waals surface area contributed by atoms with Gasteiger partial charge in [-0.2, -0.15) is 0 Å². The summed E-state index contributed by atoms with van der Waals surface area (Å²) in [5.41, 5.74) is 7.08. The number of hydrogen-bond acceptors (Lipinski definition) is 3. The molecule has 2 aromatic carbocycles. The summed E-state index contributed by atoms with van der Waals surface area (Å²) in [5, 5.41) is 8.19. The number of nitrogens with zero attached hydrogens (tertiary/aromatic N) is 1. The van der Waals surface area contributed by atoms with Gasteiger partial charge in [0.1, 0.15) is 0 Å². The number of pyridine rings is 1. The molecule has 26 heavy (non-hydrogen) atoms. The van der Waals surface area contributed by atoms with E-state index in [9.17, 15) is 0 Å². The molecule has 4 nitrogen and oxygen atoms in total. The number of hydrogen-bond donors (Lipinski definition) is 3. The zero-order valence-electron chi connectivity index (χ0n) is 14.8. The Morgan fingerprint density at radius 2 is 1.62 bits per heavy atom. The lowest BCUT2D eigenvalue weighted by Gasteiger charge is -2.09. The van der Waals surface area contributed by atoms with Crippen LogP contribution in [0.25, 0.3) is 10.9 Å². The molecule has 0 amide bonds. The van der Waals surface area contributed by atoms with E-state index < -0.39 is 0 Å². The highest BCUT2D eigenvalue weighted by Gasteiger charge is 2.04. The van der Waals surface area contributed by atoms with E-state index in [1.165, 1.54) is 22.0 Å². The predicted molar refractivity (Wildman–Crippen MR) is 109 cm³/mol. The highest BCUT2D eigenvalue weighted by atomic mass is 14.9. The third-order valence-corrected chi connectivity index (χ3v) is 4.50. The number of H-pyrrole nitrogens is 1. The average molecular weight is 342 g/mol. The van der Waals surface area contributed by atoms with Gasteiger partial charge in [0.15, 0.2) is 0 Å². The Morgan fingerprint density at radius 3 is 2.42 bits per heavy atom. The van der Waals surface area contributed by atoms with Gasteiger partial charge in [-0.3, -0.25) is 4.98 Å². The van der Waals surface area contributed by atoms with E-state index in [1.54, 1.807) is 12.4 Å². The summed E-state index contributed by atoms with van der Waals surface area (Å²) < 4.78 is 0. The normalized spacial score (nSPS) is 10.8. The largest absolute Gasteiger partial charge is 0.385 e. The van der Waals surface area contributed by atoms with E-state index in [1.807, 2.05) is 12.1 Å². The van der Waals surface area contributed by atoms with Crippen molar-refractivity contribution in [2.45, 2.75) is 13.3 Å². The molecule has 130 valence electrons. The van der Waals surface area contributed by atoms with Gasteiger partial charge in [0, 0.05) is 53.1 Å². The Labute approximate surface area is 153 Å². The van der Waals surface area contributed by atoms with Crippen LogP contribution in [0.2, 0.25) is 0 Å². The maximum absolute atomic E-state index is 4.03. The van der Waals surface area contributed by atoms with Crippen molar-refractivity contribution in [3.63, 3.8) is 0 Å². The first-order valence-electron chi connectivity index (χ1n) is 8.85. The van der Waals surface area contributed by atoms with E-state index in [0.717, 1.165) is 30.0 Å². The number of benzene rings is 2. The summed E-state index contributed by atoms with van der Waals surface area (Å²) in [5.74, 6) is 0. The molecule has 4 rings (SSSR count). The van der Waals surface area contributed by atoms with Crippen molar-refractivity contribution >= 4 is 28.0 Å². The third-order valence-electron chi connectivity index (χ3n) is 4.50. The summed E-state index contributed by atoms with van der Waals surface area (Å²) in [6.45, 7) is 3.04. The molecule has 4 heteroatoms. The Balaban J connectivity index is 1.35. The molecule has 0 fully saturated rings.